The molecule has 88 valence electrons. The van der Waals surface area contributed by atoms with Crippen LogP contribution >= 0.6 is 0 Å². The van der Waals surface area contributed by atoms with Gasteiger partial charge in [0, 0.05) is 13.1 Å². The van der Waals surface area contributed by atoms with Crippen LogP contribution in [0.25, 0.3) is 0 Å². The number of carbonyl (C=O) groups excluding carboxylic acids is 1. The van der Waals surface area contributed by atoms with Gasteiger partial charge in [-0.15, -0.1) is 0 Å². The molecule has 1 aliphatic heterocycles. The summed E-state index contributed by atoms with van der Waals surface area (Å²) >= 11 is 0. The van der Waals surface area contributed by atoms with E-state index in [0.717, 1.165) is 0 Å². The predicted octanol–water partition coefficient (Wildman–Crippen LogP) is -0.940. The quantitative estimate of drug-likeness (QED) is 0.637. The van der Waals surface area contributed by atoms with Crippen molar-refractivity contribution < 1.29 is 14.6 Å². The van der Waals surface area contributed by atoms with Gasteiger partial charge in [0.1, 0.15) is 0 Å². The van der Waals surface area contributed by atoms with E-state index in [1.165, 1.54) is 0 Å². The summed E-state index contributed by atoms with van der Waals surface area (Å²) in [6.45, 7) is 2.85. The number of nitrogens with one attached hydrogen (secondary N) is 1. The summed E-state index contributed by atoms with van der Waals surface area (Å²) in [5.41, 5.74) is 0. The molecule has 0 bridgehead atoms. The smallest absolute Gasteiger partial charge is 0.229 e. The Balaban J connectivity index is 2.59. The molecular formula is C10H20N2O3. The molecule has 5 heteroatoms. The molecular weight excluding hydrogens is 196 g/mol. The molecule has 1 amide bonds. The number of likely N-dealkylation sites (N-methyl/N-ethyl adjacent to an activating group) is 2. The number of rotatable bonds is 4. The van der Waals surface area contributed by atoms with Crippen molar-refractivity contribution in [1.29, 1.82) is 0 Å². The van der Waals surface area contributed by atoms with E-state index in [-0.39, 0.29) is 30.5 Å². The van der Waals surface area contributed by atoms with Gasteiger partial charge in [0.05, 0.1) is 31.8 Å². The van der Waals surface area contributed by atoms with Gasteiger partial charge in [0.25, 0.3) is 0 Å². The Kier molecular flexibility index (Phi) is 4.50. The number of hydrogen-bond acceptors (Lipinski definition) is 4. The standard InChI is InChI=1S/C10H20N2O3/c1-7(4-13)12(3)10(14)8-5-15-6-9(8)11-2/h7-9,11,13H,4-6H2,1-3H3. The van der Waals surface area contributed by atoms with Gasteiger partial charge in [0.2, 0.25) is 5.91 Å². The van der Waals surface area contributed by atoms with Crippen LogP contribution in [-0.2, 0) is 9.53 Å². The Morgan fingerprint density at radius 2 is 2.33 bits per heavy atom. The first-order valence-corrected chi connectivity index (χ1v) is 5.24. The van der Waals surface area contributed by atoms with Gasteiger partial charge in [-0.2, -0.15) is 0 Å². The maximum absolute atomic E-state index is 12.0. The molecule has 3 unspecified atom stereocenters. The first-order valence-electron chi connectivity index (χ1n) is 5.24. The topological polar surface area (TPSA) is 61.8 Å². The van der Waals surface area contributed by atoms with Crippen LogP contribution < -0.4 is 5.32 Å². The van der Waals surface area contributed by atoms with E-state index in [4.69, 9.17) is 9.84 Å². The molecule has 15 heavy (non-hydrogen) atoms. The van der Waals surface area contributed by atoms with Crippen molar-refractivity contribution in [3.8, 4) is 0 Å². The summed E-state index contributed by atoms with van der Waals surface area (Å²) in [7, 11) is 3.54. The van der Waals surface area contributed by atoms with Gasteiger partial charge in [-0.05, 0) is 14.0 Å². The molecule has 0 aromatic heterocycles. The van der Waals surface area contributed by atoms with E-state index < -0.39 is 0 Å². The van der Waals surface area contributed by atoms with Crippen molar-refractivity contribution in [2.45, 2.75) is 19.0 Å². The van der Waals surface area contributed by atoms with Crippen molar-refractivity contribution in [2.75, 3.05) is 33.9 Å². The summed E-state index contributed by atoms with van der Waals surface area (Å²) in [6, 6.07) is -0.0542. The Morgan fingerprint density at radius 1 is 1.67 bits per heavy atom. The van der Waals surface area contributed by atoms with Crippen molar-refractivity contribution in [1.82, 2.24) is 10.2 Å². The fraction of sp³-hybridized carbons (Fsp3) is 0.900. The lowest BCUT2D eigenvalue weighted by Crippen LogP contribution is -2.47. The summed E-state index contributed by atoms with van der Waals surface area (Å²) in [5.74, 6) is -0.0950. The van der Waals surface area contributed by atoms with E-state index in [2.05, 4.69) is 5.32 Å². The zero-order valence-corrected chi connectivity index (χ0v) is 9.56. The van der Waals surface area contributed by atoms with Gasteiger partial charge in [-0.1, -0.05) is 0 Å². The average molecular weight is 216 g/mol. The molecule has 1 heterocycles. The molecule has 1 aliphatic rings. The van der Waals surface area contributed by atoms with Crippen molar-refractivity contribution in [3.63, 3.8) is 0 Å². The second kappa shape index (κ2) is 5.44. The molecule has 0 spiro atoms. The largest absolute Gasteiger partial charge is 0.394 e. The molecule has 0 saturated carbocycles. The number of aliphatic hydroxyl groups excluding tert-OH is 1. The Bertz CT molecular complexity index is 223. The molecule has 1 rings (SSSR count). The lowest BCUT2D eigenvalue weighted by molar-refractivity contribution is -0.137. The minimum absolute atomic E-state index is 0.0139. The summed E-state index contributed by atoms with van der Waals surface area (Å²) in [6.07, 6.45) is 0. The van der Waals surface area contributed by atoms with Crippen LogP contribution in [0, 0.1) is 5.92 Å². The molecule has 2 N–H and O–H groups in total. The highest BCUT2D eigenvalue weighted by Crippen LogP contribution is 2.16. The van der Waals surface area contributed by atoms with Gasteiger partial charge in [-0.3, -0.25) is 4.79 Å². The molecule has 3 atom stereocenters. The van der Waals surface area contributed by atoms with E-state index in [9.17, 15) is 4.79 Å². The molecule has 5 nitrogen and oxygen atoms in total. The zero-order valence-electron chi connectivity index (χ0n) is 9.56. The molecule has 0 radical (unpaired) electrons. The van der Waals surface area contributed by atoms with Crippen LogP contribution in [0.1, 0.15) is 6.92 Å². The minimum Gasteiger partial charge on any atom is -0.394 e. The van der Waals surface area contributed by atoms with Crippen LogP contribution in [0.15, 0.2) is 0 Å². The van der Waals surface area contributed by atoms with Gasteiger partial charge in [-0.25, -0.2) is 0 Å². The van der Waals surface area contributed by atoms with Crippen molar-refractivity contribution >= 4 is 5.91 Å². The monoisotopic (exact) mass is 216 g/mol. The number of hydrogen-bond donors (Lipinski definition) is 2. The third-order valence-electron chi connectivity index (χ3n) is 3.04. The van der Waals surface area contributed by atoms with Crippen molar-refractivity contribution in [3.05, 3.63) is 0 Å². The molecule has 1 fully saturated rings. The molecule has 0 aliphatic carbocycles. The first kappa shape index (κ1) is 12.4. The second-order valence-electron chi connectivity index (χ2n) is 4.02. The number of ether oxygens (including phenoxy) is 1. The lowest BCUT2D eigenvalue weighted by atomic mass is 10.0. The molecule has 0 aromatic carbocycles. The van der Waals surface area contributed by atoms with Gasteiger partial charge >= 0.3 is 0 Å². The van der Waals surface area contributed by atoms with Gasteiger partial charge in [0.15, 0.2) is 0 Å². The number of nitrogens with zero attached hydrogens (tertiary/aromatic N) is 1. The first-order chi connectivity index (χ1) is 7.11. The summed E-state index contributed by atoms with van der Waals surface area (Å²) in [4.78, 5) is 13.6. The van der Waals surface area contributed by atoms with E-state index >= 15 is 0 Å². The third kappa shape index (κ3) is 2.68. The highest BCUT2D eigenvalue weighted by molar-refractivity contribution is 5.80. The Labute approximate surface area is 90.4 Å². The lowest BCUT2D eigenvalue weighted by Gasteiger charge is -2.27. The Hall–Kier alpha value is -0.650. The zero-order chi connectivity index (χ0) is 11.4. The third-order valence-corrected chi connectivity index (χ3v) is 3.04. The summed E-state index contributed by atoms with van der Waals surface area (Å²) in [5, 5.41) is 12.1. The van der Waals surface area contributed by atoms with Crippen molar-refractivity contribution in [2.24, 2.45) is 5.92 Å². The van der Waals surface area contributed by atoms with Crippen LogP contribution in [-0.4, -0.2) is 61.9 Å². The maximum Gasteiger partial charge on any atom is 0.229 e. The van der Waals surface area contributed by atoms with E-state index in [0.29, 0.717) is 13.2 Å². The fourth-order valence-corrected chi connectivity index (χ4v) is 1.68. The Morgan fingerprint density at radius 3 is 2.87 bits per heavy atom. The number of amides is 1. The van der Waals surface area contributed by atoms with E-state index in [1.807, 2.05) is 14.0 Å². The summed E-state index contributed by atoms with van der Waals surface area (Å²) < 4.78 is 5.27. The number of carbonyl (C=O) groups is 1. The normalized spacial score (nSPS) is 27.7. The van der Waals surface area contributed by atoms with Crippen LogP contribution in [0.2, 0.25) is 0 Å². The highest BCUT2D eigenvalue weighted by atomic mass is 16.5. The predicted molar refractivity (Wildman–Crippen MR) is 56.5 cm³/mol. The van der Waals surface area contributed by atoms with Crippen LogP contribution in [0.4, 0.5) is 0 Å². The number of aliphatic hydroxyl groups is 1. The second-order valence-corrected chi connectivity index (χ2v) is 4.02. The highest BCUT2D eigenvalue weighted by Gasteiger charge is 2.35. The average Bonchev–Trinajstić information content (AvgIpc) is 2.73. The van der Waals surface area contributed by atoms with Gasteiger partial charge < -0.3 is 20.1 Å². The maximum atomic E-state index is 12.0. The molecule has 1 saturated heterocycles. The minimum atomic E-state index is -0.143. The van der Waals surface area contributed by atoms with Crippen LogP contribution in [0.5, 0.6) is 0 Å². The van der Waals surface area contributed by atoms with Crippen LogP contribution in [0.3, 0.4) is 0 Å². The SMILES string of the molecule is CNC1COCC1C(=O)N(C)C(C)CO. The van der Waals surface area contributed by atoms with E-state index in [1.54, 1.807) is 11.9 Å². The fourth-order valence-electron chi connectivity index (χ4n) is 1.68. The molecule has 0 aromatic rings.